The Balaban J connectivity index is 1.18. The summed E-state index contributed by atoms with van der Waals surface area (Å²) in [5.74, 6) is -7.76. The number of morpholine rings is 1. The summed E-state index contributed by atoms with van der Waals surface area (Å²) < 4.78 is 44.1. The average molecular weight is 874 g/mol. The van der Waals surface area contributed by atoms with Crippen molar-refractivity contribution in [1.82, 2.24) is 10.3 Å². The zero-order chi connectivity index (χ0) is 45.1. The van der Waals surface area contributed by atoms with Gasteiger partial charge in [-0.15, -0.1) is 0 Å². The summed E-state index contributed by atoms with van der Waals surface area (Å²) in [5.41, 5.74) is -3.18. The molecule has 2 aliphatic heterocycles. The summed E-state index contributed by atoms with van der Waals surface area (Å²) in [4.78, 5) is 68.4. The van der Waals surface area contributed by atoms with Gasteiger partial charge in [0.15, 0.2) is 29.9 Å². The van der Waals surface area contributed by atoms with Crippen LogP contribution in [0.15, 0.2) is 53.7 Å². The van der Waals surface area contributed by atoms with Crippen LogP contribution in [0.5, 0.6) is 17.2 Å². The Morgan fingerprint density at radius 1 is 1.02 bits per heavy atom. The topological polar surface area (TPSA) is 260 Å². The van der Waals surface area contributed by atoms with Crippen molar-refractivity contribution >= 4 is 34.8 Å². The number of nitrogens with one attached hydrogen (secondary N) is 1. The maximum absolute atomic E-state index is 15.1. The van der Waals surface area contributed by atoms with Gasteiger partial charge in [-0.3, -0.25) is 28.9 Å². The monoisotopic (exact) mass is 873 g/mol. The molecule has 0 bridgehead atoms. The van der Waals surface area contributed by atoms with E-state index >= 15 is 4.39 Å². The van der Waals surface area contributed by atoms with E-state index in [0.29, 0.717) is 19.7 Å². The van der Waals surface area contributed by atoms with Crippen molar-refractivity contribution < 1.29 is 77.6 Å². The van der Waals surface area contributed by atoms with Crippen LogP contribution in [0.3, 0.4) is 0 Å². The number of phenols is 2. The molecule has 8 rings (SSSR count). The standard InChI is InChI=1S/C44H44FN3O15/c1-19-38(52)25(48-11-12-61-32(17-48)60-3)14-31(62-19)63-29-16-44(58,30(18-49)46-47-43(57)22-13-20(7-8-24(22)45)33-26(50)9-10-27(33)51)15-23-35(29)42(56)37-36(40(23)54)39(53)21-5-4-6-28(59-2)34(21)41(37)55/h4-10,13,19,25,29,31-33,38,49,52,54,56,58H,11-12,14-18H2,1-3H3,(H,47,57)/b46-30+/t19-,25?,29-,31-,32-,38+,44-/m0/s1. The lowest BCUT2D eigenvalue weighted by Crippen LogP contribution is -2.59. The highest BCUT2D eigenvalue weighted by atomic mass is 19.1. The third-order valence-electron chi connectivity index (χ3n) is 12.4. The van der Waals surface area contributed by atoms with E-state index < -0.39 is 137 Å². The molecule has 63 heavy (non-hydrogen) atoms. The number of ether oxygens (including phenoxy) is 5. The maximum atomic E-state index is 15.1. The first-order valence-electron chi connectivity index (χ1n) is 20.1. The molecule has 19 heteroatoms. The third-order valence-corrected chi connectivity index (χ3v) is 12.4. The fourth-order valence-corrected chi connectivity index (χ4v) is 9.18. The fraction of sp³-hybridized carbons (Fsp3) is 0.409. The second-order valence-electron chi connectivity index (χ2n) is 16.0. The van der Waals surface area contributed by atoms with Crippen LogP contribution in [0.1, 0.15) is 90.7 Å². The molecule has 3 aromatic rings. The molecule has 2 fully saturated rings. The van der Waals surface area contributed by atoms with Crippen LogP contribution in [0.25, 0.3) is 0 Å². The molecule has 5 aliphatic rings. The smallest absolute Gasteiger partial charge is 0.274 e. The van der Waals surface area contributed by atoms with E-state index in [1.165, 1.54) is 38.5 Å². The highest BCUT2D eigenvalue weighted by Crippen LogP contribution is 2.53. The molecule has 0 spiro atoms. The Morgan fingerprint density at radius 2 is 1.75 bits per heavy atom. The van der Waals surface area contributed by atoms with Gasteiger partial charge < -0.3 is 49.2 Å². The van der Waals surface area contributed by atoms with E-state index in [9.17, 15) is 49.5 Å². The lowest BCUT2D eigenvalue weighted by molar-refractivity contribution is -0.265. The largest absolute Gasteiger partial charge is 0.507 e. The van der Waals surface area contributed by atoms with Crippen molar-refractivity contribution in [2.45, 2.75) is 74.6 Å². The molecule has 7 atom stereocenters. The number of carbonyl (C=O) groups excluding carboxylic acids is 5. The number of methoxy groups -OCH3 is 2. The summed E-state index contributed by atoms with van der Waals surface area (Å²) in [7, 11) is 2.79. The van der Waals surface area contributed by atoms with E-state index in [2.05, 4.69) is 10.5 Å². The first-order chi connectivity index (χ1) is 30.1. The summed E-state index contributed by atoms with van der Waals surface area (Å²) in [5, 5.41) is 62.5. The van der Waals surface area contributed by atoms with Crippen molar-refractivity contribution in [2.75, 3.05) is 40.5 Å². The summed E-state index contributed by atoms with van der Waals surface area (Å²) in [6.07, 6.45) is -4.13. The molecule has 3 aromatic carbocycles. The lowest BCUT2D eigenvalue weighted by Gasteiger charge is -2.47. The van der Waals surface area contributed by atoms with E-state index in [1.807, 2.05) is 4.90 Å². The zero-order valence-electron chi connectivity index (χ0n) is 34.2. The number of hydrogen-bond donors (Lipinski definition) is 6. The van der Waals surface area contributed by atoms with Gasteiger partial charge in [-0.2, -0.15) is 5.10 Å². The van der Waals surface area contributed by atoms with Crippen LogP contribution in [-0.4, -0.2) is 142 Å². The number of phenolic OH excluding ortho intramolecular Hbond substituents is 2. The molecule has 0 saturated carbocycles. The van der Waals surface area contributed by atoms with Crippen LogP contribution in [0, 0.1) is 5.82 Å². The number of ketones is 4. The number of benzene rings is 3. The van der Waals surface area contributed by atoms with Gasteiger partial charge in [0.05, 0.1) is 66.6 Å². The number of hydrogen-bond acceptors (Lipinski definition) is 17. The number of rotatable bonds is 10. The van der Waals surface area contributed by atoms with Crippen LogP contribution in [0.4, 0.5) is 4.39 Å². The molecule has 0 radical (unpaired) electrons. The molecule has 18 nitrogen and oxygen atoms in total. The zero-order valence-corrected chi connectivity index (χ0v) is 34.2. The van der Waals surface area contributed by atoms with Crippen molar-refractivity contribution in [3.63, 3.8) is 0 Å². The molecular formula is C44H44FN3O15. The first-order valence-corrected chi connectivity index (χ1v) is 20.1. The number of halogens is 1. The number of aromatic hydroxyl groups is 2. The van der Waals surface area contributed by atoms with Gasteiger partial charge in [-0.05, 0) is 42.8 Å². The predicted molar refractivity (Wildman–Crippen MR) is 214 cm³/mol. The molecule has 1 unspecified atom stereocenters. The van der Waals surface area contributed by atoms with E-state index in [-0.39, 0.29) is 40.0 Å². The normalized spacial score (nSPS) is 27.6. The number of fused-ring (bicyclic) bond motifs is 3. The van der Waals surface area contributed by atoms with Crippen LogP contribution >= 0.6 is 0 Å². The minimum atomic E-state index is -2.36. The number of carbonyl (C=O) groups is 5. The number of aliphatic hydroxyl groups is 3. The Labute approximate surface area is 358 Å². The Morgan fingerprint density at radius 3 is 2.44 bits per heavy atom. The molecule has 2 saturated heterocycles. The molecule has 3 aliphatic carbocycles. The molecule has 1 amide bonds. The second kappa shape index (κ2) is 17.1. The number of amides is 1. The van der Waals surface area contributed by atoms with E-state index in [4.69, 9.17) is 23.7 Å². The summed E-state index contributed by atoms with van der Waals surface area (Å²) in [6, 6.07) is 6.82. The number of hydrazone groups is 1. The maximum Gasteiger partial charge on any atom is 0.274 e. The van der Waals surface area contributed by atoms with Gasteiger partial charge in [0.1, 0.15) is 34.6 Å². The number of allylic oxidation sites excluding steroid dienone is 2. The minimum absolute atomic E-state index is 0.0294. The van der Waals surface area contributed by atoms with Crippen molar-refractivity contribution in [3.8, 4) is 17.2 Å². The van der Waals surface area contributed by atoms with Gasteiger partial charge >= 0.3 is 0 Å². The highest BCUT2D eigenvalue weighted by Gasteiger charge is 2.50. The van der Waals surface area contributed by atoms with Gasteiger partial charge in [-0.1, -0.05) is 18.2 Å². The van der Waals surface area contributed by atoms with Gasteiger partial charge in [0, 0.05) is 62.2 Å². The van der Waals surface area contributed by atoms with Crippen LogP contribution in [-0.2, 0) is 35.0 Å². The molecule has 2 heterocycles. The summed E-state index contributed by atoms with van der Waals surface area (Å²) >= 11 is 0. The summed E-state index contributed by atoms with van der Waals surface area (Å²) in [6.45, 7) is 1.62. The van der Waals surface area contributed by atoms with Crippen LogP contribution in [0.2, 0.25) is 0 Å². The van der Waals surface area contributed by atoms with Gasteiger partial charge in [-0.25, -0.2) is 9.82 Å². The first kappa shape index (κ1) is 43.9. The SMILES string of the molecule is COc1cccc2c1C(=O)c1c(O)c3c(c(O)c1C2=O)C[C@@](O)(/C(CO)=N/NC(=O)c1cc(C2C(=O)C=CC2=O)ccc1F)C[C@@H]3O[C@H]1CC(N2CCO[C@H](OC)C2)[C@H](O)[C@H](C)O1. The van der Waals surface area contributed by atoms with Crippen LogP contribution < -0.4 is 10.2 Å². The van der Waals surface area contributed by atoms with E-state index in [0.717, 1.165) is 24.3 Å². The van der Waals surface area contributed by atoms with Gasteiger partial charge in [0.25, 0.3) is 5.91 Å². The molecule has 332 valence electrons. The Hall–Kier alpha value is -5.77. The molecule has 6 N–H and O–H groups in total. The number of aliphatic hydroxyl groups excluding tert-OH is 2. The van der Waals surface area contributed by atoms with Crippen molar-refractivity contribution in [1.29, 1.82) is 0 Å². The highest BCUT2D eigenvalue weighted by molar-refractivity contribution is 6.31. The predicted octanol–water partition coefficient (Wildman–Crippen LogP) is 1.49. The lowest BCUT2D eigenvalue weighted by atomic mass is 9.71. The fourth-order valence-electron chi connectivity index (χ4n) is 9.18. The van der Waals surface area contributed by atoms with Crippen molar-refractivity contribution in [2.24, 2.45) is 5.10 Å². The third kappa shape index (κ3) is 7.63. The Bertz CT molecular complexity index is 2470. The molecule has 0 aromatic heterocycles. The Kier molecular flexibility index (Phi) is 11.9. The second-order valence-corrected chi connectivity index (χ2v) is 16.0. The quantitative estimate of drug-likeness (QED) is 0.0571. The van der Waals surface area contributed by atoms with Crippen molar-refractivity contribution in [3.05, 3.63) is 98.9 Å². The van der Waals surface area contributed by atoms with E-state index in [1.54, 1.807) is 6.92 Å². The number of nitrogens with zero attached hydrogens (tertiary/aromatic N) is 2. The minimum Gasteiger partial charge on any atom is -0.507 e. The van der Waals surface area contributed by atoms with Gasteiger partial charge in [0.2, 0.25) is 5.78 Å². The molecular weight excluding hydrogens is 829 g/mol. The average Bonchev–Trinajstić information content (AvgIpc) is 3.61.